The molecule has 1 aromatic carbocycles. The van der Waals surface area contributed by atoms with Gasteiger partial charge in [0.05, 0.1) is 19.6 Å². The van der Waals surface area contributed by atoms with E-state index in [0.717, 1.165) is 5.56 Å². The highest BCUT2D eigenvalue weighted by Gasteiger charge is 2.25. The summed E-state index contributed by atoms with van der Waals surface area (Å²) >= 11 is 0. The van der Waals surface area contributed by atoms with E-state index in [2.05, 4.69) is 10.1 Å². The van der Waals surface area contributed by atoms with Gasteiger partial charge in [-0.2, -0.15) is 0 Å². The highest BCUT2D eigenvalue weighted by Crippen LogP contribution is 2.14. The number of rotatable bonds is 9. The van der Waals surface area contributed by atoms with Crippen molar-refractivity contribution in [2.75, 3.05) is 20.2 Å². The van der Waals surface area contributed by atoms with Crippen molar-refractivity contribution in [3.05, 3.63) is 35.1 Å². The Morgan fingerprint density at radius 2 is 1.93 bits per heavy atom. The fraction of sp³-hybridized carbons (Fsp3) is 0.571. The Balaban J connectivity index is 2.79. The van der Waals surface area contributed by atoms with Gasteiger partial charge in [0.2, 0.25) is 5.91 Å². The van der Waals surface area contributed by atoms with Gasteiger partial charge in [-0.25, -0.2) is 9.18 Å². The number of nitrogens with two attached hydrogens (primary N) is 1. The summed E-state index contributed by atoms with van der Waals surface area (Å²) in [5.41, 5.74) is 6.44. The number of ether oxygens (including phenoxy) is 2. The van der Waals surface area contributed by atoms with Crippen molar-refractivity contribution < 1.29 is 28.2 Å². The molecule has 8 nitrogen and oxygen atoms in total. The van der Waals surface area contributed by atoms with Gasteiger partial charge in [0.25, 0.3) is 0 Å². The predicted molar refractivity (Wildman–Crippen MR) is 110 cm³/mol. The van der Waals surface area contributed by atoms with Crippen LogP contribution in [0.1, 0.15) is 44.7 Å². The predicted octanol–water partition coefficient (Wildman–Crippen LogP) is 2.27. The summed E-state index contributed by atoms with van der Waals surface area (Å²) in [6, 6.07) is 3.52. The normalized spacial score (nSPS) is 12.1. The van der Waals surface area contributed by atoms with Crippen LogP contribution in [0.25, 0.3) is 0 Å². The number of nitrogens with one attached hydrogen (secondary N) is 1. The SMILES string of the molecule is COC(=O)C[C@@H](N)C(=O)N(CCCNC(=O)OC(C)(C)C)Cc1cc(C)ccc1F. The maximum absolute atomic E-state index is 14.2. The van der Waals surface area contributed by atoms with Gasteiger partial charge in [-0.3, -0.25) is 9.59 Å². The van der Waals surface area contributed by atoms with E-state index in [4.69, 9.17) is 10.5 Å². The highest BCUT2D eigenvalue weighted by molar-refractivity contribution is 5.86. The van der Waals surface area contributed by atoms with Crippen LogP contribution in [0.2, 0.25) is 0 Å². The largest absolute Gasteiger partial charge is 0.469 e. The van der Waals surface area contributed by atoms with Gasteiger partial charge in [-0.05, 0) is 40.2 Å². The number of nitrogens with zero attached hydrogens (tertiary/aromatic N) is 1. The number of aryl methyl sites for hydroxylation is 1. The van der Waals surface area contributed by atoms with Crippen LogP contribution in [0, 0.1) is 12.7 Å². The fourth-order valence-electron chi connectivity index (χ4n) is 2.66. The molecule has 1 atom stereocenters. The summed E-state index contributed by atoms with van der Waals surface area (Å²) in [4.78, 5) is 37.3. The zero-order valence-corrected chi connectivity index (χ0v) is 18.3. The molecule has 0 saturated carbocycles. The van der Waals surface area contributed by atoms with E-state index >= 15 is 0 Å². The molecule has 1 aromatic rings. The number of hydrogen-bond acceptors (Lipinski definition) is 6. The molecule has 0 aliphatic heterocycles. The standard InChI is InChI=1S/C21H32FN3O5/c1-14-7-8-16(22)15(11-14)13-25(19(27)17(23)12-18(26)29-5)10-6-9-24-20(28)30-21(2,3)4/h7-8,11,17H,6,9-10,12-13,23H2,1-5H3,(H,24,28)/t17-/m1/s1. The van der Waals surface area contributed by atoms with E-state index in [9.17, 15) is 18.8 Å². The number of halogens is 1. The molecule has 0 radical (unpaired) electrons. The number of methoxy groups -OCH3 is 1. The van der Waals surface area contributed by atoms with Crippen LogP contribution in [0.5, 0.6) is 0 Å². The van der Waals surface area contributed by atoms with E-state index < -0.39 is 35.4 Å². The molecule has 168 valence electrons. The molecule has 1 rings (SSSR count). The minimum absolute atomic E-state index is 0.00629. The first-order chi connectivity index (χ1) is 13.9. The molecule has 9 heteroatoms. The summed E-state index contributed by atoms with van der Waals surface area (Å²) in [6.07, 6.45) is -0.450. The number of alkyl carbamates (subject to hydrolysis) is 1. The third-order valence-electron chi connectivity index (χ3n) is 4.08. The number of benzene rings is 1. The molecule has 0 heterocycles. The minimum atomic E-state index is -1.11. The molecule has 2 amide bonds. The highest BCUT2D eigenvalue weighted by atomic mass is 19.1. The Morgan fingerprint density at radius 3 is 2.53 bits per heavy atom. The zero-order chi connectivity index (χ0) is 22.9. The Bertz CT molecular complexity index is 749. The van der Waals surface area contributed by atoms with Crippen LogP contribution in [0.3, 0.4) is 0 Å². The van der Waals surface area contributed by atoms with Crippen LogP contribution in [0.4, 0.5) is 9.18 Å². The van der Waals surface area contributed by atoms with Crippen molar-refractivity contribution in [1.29, 1.82) is 0 Å². The zero-order valence-electron chi connectivity index (χ0n) is 18.3. The van der Waals surface area contributed by atoms with Crippen LogP contribution in [-0.2, 0) is 25.6 Å². The fourth-order valence-corrected chi connectivity index (χ4v) is 2.66. The van der Waals surface area contributed by atoms with Crippen molar-refractivity contribution in [3.63, 3.8) is 0 Å². The second kappa shape index (κ2) is 11.5. The van der Waals surface area contributed by atoms with Crippen LogP contribution in [-0.4, -0.2) is 54.7 Å². The number of amides is 2. The molecule has 0 unspecified atom stereocenters. The lowest BCUT2D eigenvalue weighted by atomic mass is 10.1. The molecule has 0 bridgehead atoms. The van der Waals surface area contributed by atoms with E-state index in [-0.39, 0.29) is 26.1 Å². The molecule has 0 aliphatic carbocycles. The number of esters is 1. The van der Waals surface area contributed by atoms with Gasteiger partial charge in [0, 0.05) is 25.2 Å². The molecule has 0 aliphatic rings. The molecule has 0 saturated heterocycles. The first kappa shape index (κ1) is 25.4. The Hall–Kier alpha value is -2.68. The minimum Gasteiger partial charge on any atom is -0.469 e. The monoisotopic (exact) mass is 425 g/mol. The quantitative estimate of drug-likeness (QED) is 0.464. The first-order valence-corrected chi connectivity index (χ1v) is 9.76. The number of carbonyl (C=O) groups excluding carboxylic acids is 3. The average Bonchev–Trinajstić information content (AvgIpc) is 2.64. The third kappa shape index (κ3) is 9.21. The molecule has 0 fully saturated rings. The van der Waals surface area contributed by atoms with Crippen LogP contribution >= 0.6 is 0 Å². The van der Waals surface area contributed by atoms with Crippen molar-refractivity contribution in [3.8, 4) is 0 Å². The summed E-state index contributed by atoms with van der Waals surface area (Å²) in [6.45, 7) is 7.54. The summed E-state index contributed by atoms with van der Waals surface area (Å²) in [5.74, 6) is -1.55. The summed E-state index contributed by atoms with van der Waals surface area (Å²) in [5, 5.41) is 2.61. The maximum Gasteiger partial charge on any atom is 0.407 e. The number of carbonyl (C=O) groups is 3. The van der Waals surface area contributed by atoms with Gasteiger partial charge in [0.1, 0.15) is 11.4 Å². The summed E-state index contributed by atoms with van der Waals surface area (Å²) < 4.78 is 23.9. The van der Waals surface area contributed by atoms with E-state index in [1.165, 1.54) is 18.1 Å². The van der Waals surface area contributed by atoms with Crippen molar-refractivity contribution >= 4 is 18.0 Å². The van der Waals surface area contributed by atoms with Gasteiger partial charge in [-0.15, -0.1) is 0 Å². The Kier molecular flexibility index (Phi) is 9.71. The van der Waals surface area contributed by atoms with E-state index in [1.807, 2.05) is 6.92 Å². The lowest BCUT2D eigenvalue weighted by Crippen LogP contribution is -2.45. The van der Waals surface area contributed by atoms with Gasteiger partial charge in [-0.1, -0.05) is 17.7 Å². The smallest absolute Gasteiger partial charge is 0.407 e. The molecular formula is C21H32FN3O5. The van der Waals surface area contributed by atoms with Gasteiger partial charge < -0.3 is 25.4 Å². The second-order valence-corrected chi connectivity index (χ2v) is 8.02. The molecular weight excluding hydrogens is 393 g/mol. The van der Waals surface area contributed by atoms with Gasteiger partial charge in [0.15, 0.2) is 0 Å². The molecule has 0 aromatic heterocycles. The molecule has 0 spiro atoms. The lowest BCUT2D eigenvalue weighted by Gasteiger charge is -2.26. The Morgan fingerprint density at radius 1 is 1.27 bits per heavy atom. The maximum atomic E-state index is 14.2. The average molecular weight is 426 g/mol. The van der Waals surface area contributed by atoms with Crippen LogP contribution < -0.4 is 11.1 Å². The van der Waals surface area contributed by atoms with E-state index in [0.29, 0.717) is 12.0 Å². The molecule has 30 heavy (non-hydrogen) atoms. The van der Waals surface area contributed by atoms with Crippen LogP contribution in [0.15, 0.2) is 18.2 Å². The summed E-state index contributed by atoms with van der Waals surface area (Å²) in [7, 11) is 1.21. The third-order valence-corrected chi connectivity index (χ3v) is 4.08. The van der Waals surface area contributed by atoms with Gasteiger partial charge >= 0.3 is 12.1 Å². The second-order valence-electron chi connectivity index (χ2n) is 8.02. The van der Waals surface area contributed by atoms with Crippen molar-refractivity contribution in [1.82, 2.24) is 10.2 Å². The number of hydrogen-bond donors (Lipinski definition) is 2. The van der Waals surface area contributed by atoms with Crippen molar-refractivity contribution in [2.45, 2.75) is 58.7 Å². The van der Waals surface area contributed by atoms with Crippen molar-refractivity contribution in [2.24, 2.45) is 5.73 Å². The molecule has 3 N–H and O–H groups in total. The van der Waals surface area contributed by atoms with E-state index in [1.54, 1.807) is 32.9 Å². The Labute approximate surface area is 176 Å². The lowest BCUT2D eigenvalue weighted by molar-refractivity contribution is -0.144. The first-order valence-electron chi connectivity index (χ1n) is 9.76. The topological polar surface area (TPSA) is 111 Å².